The van der Waals surface area contributed by atoms with Gasteiger partial charge in [0, 0.05) is 5.69 Å². The summed E-state index contributed by atoms with van der Waals surface area (Å²) in [6.07, 6.45) is 1.09. The smallest absolute Gasteiger partial charge is 0.355 e. The molecule has 0 saturated heterocycles. The Morgan fingerprint density at radius 2 is 2.05 bits per heavy atom. The highest BCUT2D eigenvalue weighted by Crippen LogP contribution is 2.14. The zero-order valence-corrected chi connectivity index (χ0v) is 10.6. The number of methoxy groups -OCH3 is 1. The van der Waals surface area contributed by atoms with Crippen molar-refractivity contribution in [3.8, 4) is 5.75 Å². The van der Waals surface area contributed by atoms with Crippen LogP contribution in [0.25, 0.3) is 0 Å². The number of carbonyl (C=O) groups is 2. The number of hydrogen-bond acceptors (Lipinski definition) is 5. The first-order valence-corrected chi connectivity index (χ1v) is 5.66. The SMILES string of the molecule is COc1ccc(NC(=O)Cn2nncc2C(=O)O)cc1. The summed E-state index contributed by atoms with van der Waals surface area (Å²) in [6.45, 7) is -0.229. The molecule has 0 unspecified atom stereocenters. The lowest BCUT2D eigenvalue weighted by Gasteiger charge is -2.07. The molecule has 0 radical (unpaired) electrons. The average molecular weight is 276 g/mol. The molecule has 0 aliphatic carbocycles. The third-order valence-electron chi connectivity index (χ3n) is 2.50. The Morgan fingerprint density at radius 3 is 2.65 bits per heavy atom. The molecule has 1 amide bonds. The van der Waals surface area contributed by atoms with Crippen molar-refractivity contribution in [3.05, 3.63) is 36.2 Å². The molecule has 1 heterocycles. The highest BCUT2D eigenvalue weighted by Gasteiger charge is 2.14. The van der Waals surface area contributed by atoms with Gasteiger partial charge in [-0.05, 0) is 24.3 Å². The quantitative estimate of drug-likeness (QED) is 0.829. The number of nitrogens with one attached hydrogen (secondary N) is 1. The lowest BCUT2D eigenvalue weighted by Crippen LogP contribution is -2.22. The molecule has 0 saturated carbocycles. The summed E-state index contributed by atoms with van der Waals surface area (Å²) in [5.74, 6) is -0.914. The number of anilines is 1. The molecule has 0 spiro atoms. The van der Waals surface area contributed by atoms with Crippen LogP contribution in [-0.2, 0) is 11.3 Å². The van der Waals surface area contributed by atoms with E-state index in [1.54, 1.807) is 31.4 Å². The van der Waals surface area contributed by atoms with E-state index >= 15 is 0 Å². The number of rotatable bonds is 5. The van der Waals surface area contributed by atoms with Crippen molar-refractivity contribution in [2.75, 3.05) is 12.4 Å². The Labute approximate surface area is 114 Å². The maximum atomic E-state index is 11.8. The van der Waals surface area contributed by atoms with Gasteiger partial charge in [0.1, 0.15) is 12.3 Å². The third-order valence-corrected chi connectivity index (χ3v) is 2.50. The van der Waals surface area contributed by atoms with Gasteiger partial charge < -0.3 is 15.2 Å². The van der Waals surface area contributed by atoms with Crippen LogP contribution in [0.4, 0.5) is 5.69 Å². The highest BCUT2D eigenvalue weighted by molar-refractivity contribution is 5.91. The number of amides is 1. The van der Waals surface area contributed by atoms with Gasteiger partial charge in [-0.2, -0.15) is 0 Å². The molecule has 0 atom stereocenters. The molecule has 2 rings (SSSR count). The number of aromatic nitrogens is 3. The van der Waals surface area contributed by atoms with E-state index in [4.69, 9.17) is 9.84 Å². The Balaban J connectivity index is 2.01. The molecule has 0 aliphatic heterocycles. The van der Waals surface area contributed by atoms with Gasteiger partial charge in [0.2, 0.25) is 5.91 Å². The monoisotopic (exact) mass is 276 g/mol. The highest BCUT2D eigenvalue weighted by atomic mass is 16.5. The first kappa shape index (κ1) is 13.5. The van der Waals surface area contributed by atoms with Crippen molar-refractivity contribution in [2.45, 2.75) is 6.54 Å². The average Bonchev–Trinajstić information content (AvgIpc) is 2.87. The second kappa shape index (κ2) is 5.83. The summed E-state index contributed by atoms with van der Waals surface area (Å²) in [5, 5.41) is 18.5. The van der Waals surface area contributed by atoms with E-state index in [1.807, 2.05) is 0 Å². The molecule has 1 aromatic heterocycles. The topological polar surface area (TPSA) is 106 Å². The summed E-state index contributed by atoms with van der Waals surface area (Å²) in [6, 6.07) is 6.76. The number of carboxylic acid groups (broad SMARTS) is 1. The van der Waals surface area contributed by atoms with Gasteiger partial charge in [-0.15, -0.1) is 5.10 Å². The van der Waals surface area contributed by atoms with E-state index in [0.29, 0.717) is 11.4 Å². The Kier molecular flexibility index (Phi) is 3.94. The van der Waals surface area contributed by atoms with Gasteiger partial charge in [0.25, 0.3) is 0 Å². The van der Waals surface area contributed by atoms with Crippen molar-refractivity contribution < 1.29 is 19.4 Å². The number of nitrogens with zero attached hydrogens (tertiary/aromatic N) is 3. The predicted octanol–water partition coefficient (Wildman–Crippen LogP) is 0.624. The summed E-state index contributed by atoms with van der Waals surface area (Å²) in [7, 11) is 1.55. The molecule has 2 N–H and O–H groups in total. The number of carboxylic acids is 1. The van der Waals surface area contributed by atoms with E-state index in [0.717, 1.165) is 10.9 Å². The van der Waals surface area contributed by atoms with Crippen molar-refractivity contribution in [3.63, 3.8) is 0 Å². The predicted molar refractivity (Wildman–Crippen MR) is 68.6 cm³/mol. The third kappa shape index (κ3) is 3.10. The van der Waals surface area contributed by atoms with Crippen LogP contribution >= 0.6 is 0 Å². The first-order valence-electron chi connectivity index (χ1n) is 5.66. The molecule has 1 aromatic carbocycles. The standard InChI is InChI=1S/C12H12N4O4/c1-20-9-4-2-8(3-5-9)14-11(17)7-16-10(12(18)19)6-13-15-16/h2-6H,7H2,1H3,(H,14,17)(H,18,19). The van der Waals surface area contributed by atoms with Crippen LogP contribution in [0.3, 0.4) is 0 Å². The van der Waals surface area contributed by atoms with Crippen LogP contribution in [0.2, 0.25) is 0 Å². The zero-order valence-electron chi connectivity index (χ0n) is 10.6. The van der Waals surface area contributed by atoms with Crippen LogP contribution in [0.15, 0.2) is 30.5 Å². The summed E-state index contributed by atoms with van der Waals surface area (Å²) in [5.41, 5.74) is 0.433. The van der Waals surface area contributed by atoms with Crippen molar-refractivity contribution in [1.82, 2.24) is 15.0 Å². The van der Waals surface area contributed by atoms with Gasteiger partial charge in [-0.1, -0.05) is 5.21 Å². The molecule has 0 fully saturated rings. The van der Waals surface area contributed by atoms with Crippen LogP contribution in [0.5, 0.6) is 5.75 Å². The van der Waals surface area contributed by atoms with E-state index in [9.17, 15) is 9.59 Å². The number of benzene rings is 1. The summed E-state index contributed by atoms with van der Waals surface area (Å²) in [4.78, 5) is 22.6. The Morgan fingerprint density at radius 1 is 1.35 bits per heavy atom. The maximum Gasteiger partial charge on any atom is 0.355 e. The Bertz CT molecular complexity index is 621. The number of carbonyl (C=O) groups excluding carboxylic acids is 1. The lowest BCUT2D eigenvalue weighted by molar-refractivity contribution is -0.116. The minimum Gasteiger partial charge on any atom is -0.497 e. The van der Waals surface area contributed by atoms with E-state index < -0.39 is 11.9 Å². The van der Waals surface area contributed by atoms with Crippen molar-refractivity contribution >= 4 is 17.6 Å². The molecule has 8 nitrogen and oxygen atoms in total. The van der Waals surface area contributed by atoms with Gasteiger partial charge >= 0.3 is 5.97 Å². The van der Waals surface area contributed by atoms with E-state index in [1.165, 1.54) is 0 Å². The first-order chi connectivity index (χ1) is 9.60. The number of aromatic carboxylic acids is 1. The summed E-state index contributed by atoms with van der Waals surface area (Å²) < 4.78 is 6.02. The minimum absolute atomic E-state index is 0.144. The van der Waals surface area contributed by atoms with Crippen LogP contribution < -0.4 is 10.1 Å². The number of ether oxygens (including phenoxy) is 1. The van der Waals surface area contributed by atoms with Gasteiger partial charge in [0.15, 0.2) is 5.69 Å². The van der Waals surface area contributed by atoms with E-state index in [-0.39, 0.29) is 12.2 Å². The minimum atomic E-state index is -1.19. The second-order valence-corrected chi connectivity index (χ2v) is 3.86. The van der Waals surface area contributed by atoms with Crippen molar-refractivity contribution in [1.29, 1.82) is 0 Å². The molecular weight excluding hydrogens is 264 g/mol. The molecule has 2 aromatic rings. The van der Waals surface area contributed by atoms with Crippen LogP contribution in [-0.4, -0.2) is 39.1 Å². The van der Waals surface area contributed by atoms with Crippen molar-refractivity contribution in [2.24, 2.45) is 0 Å². The molecule has 8 heteroatoms. The zero-order chi connectivity index (χ0) is 14.5. The fraction of sp³-hybridized carbons (Fsp3) is 0.167. The molecule has 0 bridgehead atoms. The fourth-order valence-electron chi connectivity index (χ4n) is 1.55. The molecule has 0 aliphatic rings. The Hall–Kier alpha value is -2.90. The van der Waals surface area contributed by atoms with Gasteiger partial charge in [-0.25, -0.2) is 9.48 Å². The molecular formula is C12H12N4O4. The van der Waals surface area contributed by atoms with Gasteiger partial charge in [-0.3, -0.25) is 4.79 Å². The molecule has 20 heavy (non-hydrogen) atoms. The van der Waals surface area contributed by atoms with Crippen LogP contribution in [0, 0.1) is 0 Å². The maximum absolute atomic E-state index is 11.8. The lowest BCUT2D eigenvalue weighted by atomic mass is 10.3. The van der Waals surface area contributed by atoms with Gasteiger partial charge in [0.05, 0.1) is 13.3 Å². The number of hydrogen-bond donors (Lipinski definition) is 2. The fourth-order valence-corrected chi connectivity index (χ4v) is 1.55. The molecule has 104 valence electrons. The largest absolute Gasteiger partial charge is 0.497 e. The normalized spacial score (nSPS) is 10.1. The second-order valence-electron chi connectivity index (χ2n) is 3.86. The van der Waals surface area contributed by atoms with E-state index in [2.05, 4.69) is 15.6 Å². The summed E-state index contributed by atoms with van der Waals surface area (Å²) >= 11 is 0. The van der Waals surface area contributed by atoms with Crippen LogP contribution in [0.1, 0.15) is 10.5 Å².